The van der Waals surface area contributed by atoms with E-state index >= 15 is 0 Å². The summed E-state index contributed by atoms with van der Waals surface area (Å²) in [5.41, 5.74) is 5.14. The van der Waals surface area contributed by atoms with Gasteiger partial charge in [-0.25, -0.2) is 4.79 Å². The van der Waals surface area contributed by atoms with Crippen LogP contribution < -0.4 is 5.73 Å². The molecule has 0 aliphatic carbocycles. The van der Waals surface area contributed by atoms with Crippen LogP contribution in [0.5, 0.6) is 0 Å². The molecule has 8 N–H and O–H groups in total. The SMILES string of the molecule is NC[C@@H](O)[C@H](O)CC1O[C@](O)(C(=O)O)CC(O)[C@H]1O. The summed E-state index contributed by atoms with van der Waals surface area (Å²) >= 11 is 0. The summed E-state index contributed by atoms with van der Waals surface area (Å²) in [4.78, 5) is 10.9. The lowest BCUT2D eigenvalue weighted by Gasteiger charge is -2.40. The van der Waals surface area contributed by atoms with Crippen LogP contribution in [0.15, 0.2) is 0 Å². The summed E-state index contributed by atoms with van der Waals surface area (Å²) in [7, 11) is 0. The highest BCUT2D eigenvalue weighted by atomic mass is 16.7. The minimum absolute atomic E-state index is 0.240. The largest absolute Gasteiger partial charge is 0.477 e. The van der Waals surface area contributed by atoms with Crippen LogP contribution in [0.2, 0.25) is 0 Å². The van der Waals surface area contributed by atoms with Crippen molar-refractivity contribution >= 4 is 5.97 Å². The monoisotopic (exact) mass is 281 g/mol. The molecule has 6 atom stereocenters. The highest BCUT2D eigenvalue weighted by molar-refractivity contribution is 5.75. The predicted octanol–water partition coefficient (Wildman–Crippen LogP) is -3.66. The number of ether oxygens (including phenoxy) is 1. The molecule has 1 heterocycles. The first-order valence-electron chi connectivity index (χ1n) is 5.77. The molecule has 2 unspecified atom stereocenters. The fourth-order valence-corrected chi connectivity index (χ4v) is 1.90. The number of carboxylic acid groups (broad SMARTS) is 1. The van der Waals surface area contributed by atoms with Crippen molar-refractivity contribution in [2.45, 2.75) is 49.1 Å². The maximum atomic E-state index is 10.9. The Morgan fingerprint density at radius 2 is 1.95 bits per heavy atom. The van der Waals surface area contributed by atoms with Gasteiger partial charge >= 0.3 is 5.97 Å². The fraction of sp³-hybridized carbons (Fsp3) is 0.900. The van der Waals surface area contributed by atoms with Crippen LogP contribution in [0, 0.1) is 0 Å². The number of carboxylic acids is 1. The highest BCUT2D eigenvalue weighted by Crippen LogP contribution is 2.30. The van der Waals surface area contributed by atoms with E-state index in [9.17, 15) is 30.3 Å². The zero-order valence-electron chi connectivity index (χ0n) is 10.1. The second-order valence-corrected chi connectivity index (χ2v) is 4.61. The van der Waals surface area contributed by atoms with Crippen LogP contribution in [0.3, 0.4) is 0 Å². The molecule has 0 aromatic heterocycles. The van der Waals surface area contributed by atoms with Crippen molar-refractivity contribution in [3.8, 4) is 0 Å². The van der Waals surface area contributed by atoms with Crippen molar-refractivity contribution < 1.29 is 40.2 Å². The minimum Gasteiger partial charge on any atom is -0.477 e. The summed E-state index contributed by atoms with van der Waals surface area (Å²) in [6.45, 7) is -0.240. The van der Waals surface area contributed by atoms with Crippen LogP contribution in [0.25, 0.3) is 0 Å². The number of hydrogen-bond acceptors (Lipinski definition) is 8. The molecule has 0 amide bonds. The molecule has 112 valence electrons. The smallest absolute Gasteiger partial charge is 0.364 e. The Morgan fingerprint density at radius 3 is 2.42 bits per heavy atom. The molecule has 9 nitrogen and oxygen atoms in total. The maximum absolute atomic E-state index is 10.9. The molecule has 0 aromatic rings. The second kappa shape index (κ2) is 6.09. The molecule has 1 aliphatic rings. The Morgan fingerprint density at radius 1 is 1.37 bits per heavy atom. The van der Waals surface area contributed by atoms with Gasteiger partial charge in [-0.1, -0.05) is 0 Å². The van der Waals surface area contributed by atoms with Crippen molar-refractivity contribution in [3.05, 3.63) is 0 Å². The third-order valence-corrected chi connectivity index (χ3v) is 3.10. The van der Waals surface area contributed by atoms with Crippen molar-refractivity contribution in [2.75, 3.05) is 6.54 Å². The first-order valence-corrected chi connectivity index (χ1v) is 5.77. The van der Waals surface area contributed by atoms with Gasteiger partial charge in [0.25, 0.3) is 5.79 Å². The molecule has 1 rings (SSSR count). The summed E-state index contributed by atoms with van der Waals surface area (Å²) in [5, 5.41) is 56.5. The summed E-state index contributed by atoms with van der Waals surface area (Å²) in [6, 6.07) is 0. The van der Waals surface area contributed by atoms with Crippen molar-refractivity contribution in [3.63, 3.8) is 0 Å². The Labute approximate surface area is 108 Å². The number of aliphatic carboxylic acids is 1. The molecule has 0 radical (unpaired) electrons. The average Bonchev–Trinajstić information content (AvgIpc) is 2.34. The molecule has 1 saturated heterocycles. The lowest BCUT2D eigenvalue weighted by Crippen LogP contribution is -2.59. The van der Waals surface area contributed by atoms with E-state index in [4.69, 9.17) is 15.6 Å². The molecular weight excluding hydrogens is 262 g/mol. The van der Waals surface area contributed by atoms with Gasteiger partial charge in [0.2, 0.25) is 0 Å². The molecular formula is C10H19NO8. The van der Waals surface area contributed by atoms with Crippen LogP contribution >= 0.6 is 0 Å². The lowest BCUT2D eigenvalue weighted by molar-refractivity contribution is -0.297. The Hall–Kier alpha value is -0.810. The molecule has 19 heavy (non-hydrogen) atoms. The molecule has 1 fully saturated rings. The minimum atomic E-state index is -2.64. The predicted molar refractivity (Wildman–Crippen MR) is 59.8 cm³/mol. The quantitative estimate of drug-likeness (QED) is 0.268. The topological polar surface area (TPSA) is 174 Å². The number of hydrogen-bond donors (Lipinski definition) is 7. The third-order valence-electron chi connectivity index (χ3n) is 3.10. The van der Waals surface area contributed by atoms with E-state index in [1.807, 2.05) is 0 Å². The molecule has 0 aromatic carbocycles. The number of carbonyl (C=O) groups is 1. The normalized spacial score (nSPS) is 38.7. The van der Waals surface area contributed by atoms with E-state index < -0.39 is 48.7 Å². The first-order chi connectivity index (χ1) is 8.71. The van der Waals surface area contributed by atoms with E-state index in [0.717, 1.165) is 0 Å². The molecule has 0 bridgehead atoms. The van der Waals surface area contributed by atoms with E-state index in [1.54, 1.807) is 0 Å². The van der Waals surface area contributed by atoms with Gasteiger partial charge in [-0.05, 0) is 0 Å². The zero-order chi connectivity index (χ0) is 14.8. The van der Waals surface area contributed by atoms with Gasteiger partial charge in [-0.2, -0.15) is 0 Å². The van der Waals surface area contributed by atoms with Gasteiger partial charge < -0.3 is 41.1 Å². The van der Waals surface area contributed by atoms with E-state index in [1.165, 1.54) is 0 Å². The molecule has 9 heteroatoms. The van der Waals surface area contributed by atoms with Gasteiger partial charge in [0.1, 0.15) is 6.10 Å². The Bertz CT molecular complexity index is 327. The van der Waals surface area contributed by atoms with Gasteiger partial charge in [0.05, 0.1) is 24.4 Å². The molecule has 0 saturated carbocycles. The second-order valence-electron chi connectivity index (χ2n) is 4.61. The Balaban J connectivity index is 2.77. The van der Waals surface area contributed by atoms with E-state index in [0.29, 0.717) is 0 Å². The lowest BCUT2D eigenvalue weighted by atomic mass is 9.91. The van der Waals surface area contributed by atoms with Gasteiger partial charge in [0, 0.05) is 19.4 Å². The van der Waals surface area contributed by atoms with E-state index in [2.05, 4.69) is 0 Å². The molecule has 0 spiro atoms. The zero-order valence-corrected chi connectivity index (χ0v) is 10.1. The number of aliphatic hydroxyl groups is 5. The fourth-order valence-electron chi connectivity index (χ4n) is 1.90. The van der Waals surface area contributed by atoms with Crippen molar-refractivity contribution in [2.24, 2.45) is 5.73 Å². The third kappa shape index (κ3) is 3.60. The highest BCUT2D eigenvalue weighted by Gasteiger charge is 2.50. The van der Waals surface area contributed by atoms with Crippen LogP contribution in [0.4, 0.5) is 0 Å². The van der Waals surface area contributed by atoms with Crippen molar-refractivity contribution in [1.29, 1.82) is 0 Å². The van der Waals surface area contributed by atoms with Crippen LogP contribution in [-0.4, -0.2) is 79.5 Å². The van der Waals surface area contributed by atoms with Crippen LogP contribution in [-0.2, 0) is 9.53 Å². The summed E-state index contributed by atoms with van der Waals surface area (Å²) < 4.78 is 4.82. The van der Waals surface area contributed by atoms with Gasteiger partial charge in [-0.15, -0.1) is 0 Å². The van der Waals surface area contributed by atoms with E-state index in [-0.39, 0.29) is 13.0 Å². The number of rotatable bonds is 5. The average molecular weight is 281 g/mol. The van der Waals surface area contributed by atoms with Crippen LogP contribution in [0.1, 0.15) is 12.8 Å². The van der Waals surface area contributed by atoms with Gasteiger partial charge in [0.15, 0.2) is 0 Å². The van der Waals surface area contributed by atoms with Crippen molar-refractivity contribution in [1.82, 2.24) is 0 Å². The number of aliphatic hydroxyl groups excluding tert-OH is 4. The summed E-state index contributed by atoms with van der Waals surface area (Å²) in [6.07, 6.45) is -8.11. The first kappa shape index (κ1) is 16.2. The standard InChI is InChI=1S/C10H19NO8/c11-3-6(14)4(12)1-7-8(15)5(13)2-10(18,19-7)9(16)17/h4-8,12-15,18H,1-3,11H2,(H,16,17)/t4-,5?,6-,7?,8-,10+/m1/s1. The maximum Gasteiger partial charge on any atom is 0.364 e. The Kier molecular flexibility index (Phi) is 5.21. The summed E-state index contributed by atoms with van der Waals surface area (Å²) in [5.74, 6) is -4.35. The molecule has 1 aliphatic heterocycles. The van der Waals surface area contributed by atoms with Gasteiger partial charge in [-0.3, -0.25) is 0 Å². The number of nitrogens with two attached hydrogens (primary N) is 1.